The second kappa shape index (κ2) is 9.52. The molecule has 0 unspecified atom stereocenters. The summed E-state index contributed by atoms with van der Waals surface area (Å²) in [4.78, 5) is 17.2. The van der Waals surface area contributed by atoms with Crippen molar-refractivity contribution in [1.82, 2.24) is 14.5 Å². The Morgan fingerprint density at radius 2 is 1.78 bits per heavy atom. The van der Waals surface area contributed by atoms with Crippen molar-refractivity contribution < 1.29 is 13.2 Å². The van der Waals surface area contributed by atoms with E-state index in [0.717, 1.165) is 44.6 Å². The summed E-state index contributed by atoms with van der Waals surface area (Å²) in [7, 11) is 3.39. The summed E-state index contributed by atoms with van der Waals surface area (Å²) in [5.74, 6) is -0.217. The van der Waals surface area contributed by atoms with Gasteiger partial charge in [-0.05, 0) is 64.5 Å². The van der Waals surface area contributed by atoms with Gasteiger partial charge in [0.2, 0.25) is 10.0 Å². The second-order valence-electron chi connectivity index (χ2n) is 7.43. The minimum atomic E-state index is -3.59. The van der Waals surface area contributed by atoms with Crippen molar-refractivity contribution in [3.8, 4) is 0 Å². The van der Waals surface area contributed by atoms with Gasteiger partial charge in [0.1, 0.15) is 0 Å². The highest BCUT2D eigenvalue weighted by Gasteiger charge is 2.24. The van der Waals surface area contributed by atoms with Crippen LogP contribution in [-0.2, 0) is 10.0 Å². The van der Waals surface area contributed by atoms with Crippen LogP contribution in [0.3, 0.4) is 0 Å². The number of nitrogens with one attached hydrogen (secondary N) is 1. The summed E-state index contributed by atoms with van der Waals surface area (Å²) in [5.41, 5.74) is 1.25. The number of anilines is 1. The Kier molecular flexibility index (Phi) is 7.64. The molecule has 1 heterocycles. The van der Waals surface area contributed by atoms with Crippen LogP contribution >= 0.6 is 0 Å². The van der Waals surface area contributed by atoms with Gasteiger partial charge in [0.05, 0.1) is 10.5 Å². The van der Waals surface area contributed by atoms with Gasteiger partial charge in [-0.3, -0.25) is 4.79 Å². The number of piperidine rings is 1. The second-order valence-corrected chi connectivity index (χ2v) is 9.58. The van der Waals surface area contributed by atoms with Crippen molar-refractivity contribution in [2.45, 2.75) is 30.6 Å². The molecule has 1 saturated heterocycles. The van der Waals surface area contributed by atoms with Crippen LogP contribution < -0.4 is 10.2 Å². The molecule has 1 aromatic rings. The molecule has 0 aromatic heterocycles. The molecule has 2 rings (SSSR count). The Morgan fingerprint density at radius 3 is 2.37 bits per heavy atom. The van der Waals surface area contributed by atoms with Gasteiger partial charge in [0, 0.05) is 39.4 Å². The summed E-state index contributed by atoms with van der Waals surface area (Å²) < 4.78 is 26.2. The standard InChI is InChI=1S/C19H32N4O3S/c1-21(2)12-8-11-20-19(24)17-15-16(27(25,26)22(3)4)9-10-18(17)23-13-6-5-7-14-23/h9-10,15H,5-8,11-14H2,1-4H3,(H,20,24). The molecule has 7 nitrogen and oxygen atoms in total. The van der Waals surface area contributed by atoms with Crippen LogP contribution in [0.1, 0.15) is 36.0 Å². The van der Waals surface area contributed by atoms with E-state index in [4.69, 9.17) is 0 Å². The molecule has 27 heavy (non-hydrogen) atoms. The molecule has 1 aromatic carbocycles. The molecule has 0 atom stereocenters. The summed E-state index contributed by atoms with van der Waals surface area (Å²) >= 11 is 0. The molecular formula is C19H32N4O3S. The lowest BCUT2D eigenvalue weighted by Crippen LogP contribution is -2.34. The fourth-order valence-electron chi connectivity index (χ4n) is 3.17. The Morgan fingerprint density at radius 1 is 1.11 bits per heavy atom. The van der Waals surface area contributed by atoms with E-state index in [9.17, 15) is 13.2 Å². The first-order valence-electron chi connectivity index (χ1n) is 9.48. The maximum atomic E-state index is 12.8. The summed E-state index contributed by atoms with van der Waals surface area (Å²) in [6.07, 6.45) is 4.20. The van der Waals surface area contributed by atoms with Crippen LogP contribution in [0.4, 0.5) is 5.69 Å². The van der Waals surface area contributed by atoms with E-state index in [1.165, 1.54) is 30.9 Å². The highest BCUT2D eigenvalue weighted by molar-refractivity contribution is 7.89. The van der Waals surface area contributed by atoms with Gasteiger partial charge in [0.15, 0.2) is 0 Å². The van der Waals surface area contributed by atoms with E-state index in [-0.39, 0.29) is 10.8 Å². The zero-order chi connectivity index (χ0) is 20.0. The molecule has 1 N–H and O–H groups in total. The van der Waals surface area contributed by atoms with E-state index in [1.54, 1.807) is 12.1 Å². The fraction of sp³-hybridized carbons (Fsp3) is 0.632. The lowest BCUT2D eigenvalue weighted by Gasteiger charge is -2.30. The number of sulfonamides is 1. The third-order valence-corrected chi connectivity index (χ3v) is 6.57. The van der Waals surface area contributed by atoms with E-state index >= 15 is 0 Å². The van der Waals surface area contributed by atoms with Crippen molar-refractivity contribution in [3.05, 3.63) is 23.8 Å². The molecule has 1 aliphatic rings. The molecule has 0 spiro atoms. The number of hydrogen-bond donors (Lipinski definition) is 1. The molecule has 152 valence electrons. The Balaban J connectivity index is 2.29. The van der Waals surface area contributed by atoms with Crippen molar-refractivity contribution in [1.29, 1.82) is 0 Å². The van der Waals surface area contributed by atoms with Gasteiger partial charge in [-0.1, -0.05) is 0 Å². The van der Waals surface area contributed by atoms with Gasteiger partial charge >= 0.3 is 0 Å². The Bertz CT molecular complexity index is 741. The van der Waals surface area contributed by atoms with Crippen LogP contribution in [-0.4, -0.2) is 77.9 Å². The third-order valence-electron chi connectivity index (χ3n) is 4.76. The average molecular weight is 397 g/mol. The van der Waals surface area contributed by atoms with Crippen molar-refractivity contribution in [2.75, 3.05) is 59.3 Å². The predicted octanol–water partition coefficient (Wildman–Crippen LogP) is 1.61. The van der Waals surface area contributed by atoms with E-state index < -0.39 is 10.0 Å². The highest BCUT2D eigenvalue weighted by atomic mass is 32.2. The average Bonchev–Trinajstić information content (AvgIpc) is 2.65. The van der Waals surface area contributed by atoms with Crippen LogP contribution in [0.15, 0.2) is 23.1 Å². The molecule has 8 heteroatoms. The van der Waals surface area contributed by atoms with E-state index in [2.05, 4.69) is 15.1 Å². The number of nitrogens with zero attached hydrogens (tertiary/aromatic N) is 3. The van der Waals surface area contributed by atoms with Gasteiger partial charge in [0.25, 0.3) is 5.91 Å². The number of carbonyl (C=O) groups excluding carboxylic acids is 1. The number of amides is 1. The predicted molar refractivity (Wildman–Crippen MR) is 109 cm³/mol. The zero-order valence-corrected chi connectivity index (χ0v) is 17.7. The molecular weight excluding hydrogens is 364 g/mol. The van der Waals surface area contributed by atoms with Crippen molar-refractivity contribution in [2.24, 2.45) is 0 Å². The monoisotopic (exact) mass is 396 g/mol. The topological polar surface area (TPSA) is 73.0 Å². The first kappa shape index (κ1) is 21.7. The summed E-state index contributed by atoms with van der Waals surface area (Å²) in [6, 6.07) is 4.89. The minimum absolute atomic E-state index is 0.145. The number of hydrogen-bond acceptors (Lipinski definition) is 5. The van der Waals surface area contributed by atoms with Gasteiger partial charge < -0.3 is 15.1 Å². The number of benzene rings is 1. The van der Waals surface area contributed by atoms with Gasteiger partial charge in [-0.2, -0.15) is 0 Å². The molecule has 0 saturated carbocycles. The molecule has 0 bridgehead atoms. The van der Waals surface area contributed by atoms with Gasteiger partial charge in [-0.25, -0.2) is 12.7 Å². The lowest BCUT2D eigenvalue weighted by molar-refractivity contribution is 0.0952. The first-order chi connectivity index (χ1) is 12.7. The fourth-order valence-corrected chi connectivity index (χ4v) is 4.10. The molecule has 0 radical (unpaired) electrons. The van der Waals surface area contributed by atoms with Crippen LogP contribution in [0.5, 0.6) is 0 Å². The molecule has 1 fully saturated rings. The lowest BCUT2D eigenvalue weighted by atomic mass is 10.1. The summed E-state index contributed by atoms with van der Waals surface area (Å²) in [5, 5.41) is 2.94. The van der Waals surface area contributed by atoms with Crippen LogP contribution in [0.25, 0.3) is 0 Å². The van der Waals surface area contributed by atoms with Crippen LogP contribution in [0, 0.1) is 0 Å². The zero-order valence-electron chi connectivity index (χ0n) is 16.9. The van der Waals surface area contributed by atoms with Crippen molar-refractivity contribution in [3.63, 3.8) is 0 Å². The normalized spacial score (nSPS) is 15.4. The minimum Gasteiger partial charge on any atom is -0.371 e. The first-order valence-corrected chi connectivity index (χ1v) is 10.9. The van der Waals surface area contributed by atoms with Crippen LogP contribution in [0.2, 0.25) is 0 Å². The van der Waals surface area contributed by atoms with E-state index in [1.807, 2.05) is 14.1 Å². The maximum Gasteiger partial charge on any atom is 0.253 e. The smallest absolute Gasteiger partial charge is 0.253 e. The third kappa shape index (κ3) is 5.67. The van der Waals surface area contributed by atoms with Crippen molar-refractivity contribution >= 4 is 21.6 Å². The van der Waals surface area contributed by atoms with E-state index in [0.29, 0.717) is 12.1 Å². The Labute approximate surface area is 163 Å². The highest BCUT2D eigenvalue weighted by Crippen LogP contribution is 2.27. The van der Waals surface area contributed by atoms with Gasteiger partial charge in [-0.15, -0.1) is 0 Å². The molecule has 1 amide bonds. The SMILES string of the molecule is CN(C)CCCNC(=O)c1cc(S(=O)(=O)N(C)C)ccc1N1CCCCC1. The number of carbonyl (C=O) groups is 1. The largest absolute Gasteiger partial charge is 0.371 e. The summed E-state index contributed by atoms with van der Waals surface area (Å²) in [6.45, 7) is 3.22. The quantitative estimate of drug-likeness (QED) is 0.676. The molecule has 0 aliphatic carbocycles. The molecule has 1 aliphatic heterocycles. The number of rotatable bonds is 8. The maximum absolute atomic E-state index is 12.8. The Hall–Kier alpha value is -1.64.